The lowest BCUT2D eigenvalue weighted by atomic mass is 10.1. The predicted molar refractivity (Wildman–Crippen MR) is 124 cm³/mol. The van der Waals surface area contributed by atoms with E-state index in [1.807, 2.05) is 43.5 Å². The molecule has 162 valence electrons. The highest BCUT2D eigenvalue weighted by Gasteiger charge is 2.17. The first-order valence-electron chi connectivity index (χ1n) is 11.2. The predicted octanol–water partition coefficient (Wildman–Crippen LogP) is 4.94. The molecular weight excluding hydrogens is 386 g/mol. The smallest absolute Gasteiger partial charge is 0.155 e. The number of nitrogens with zero attached hydrogens (tertiary/aromatic N) is 5. The lowest BCUT2D eigenvalue weighted by molar-refractivity contribution is 0.442. The van der Waals surface area contributed by atoms with Gasteiger partial charge < -0.3 is 10.3 Å². The Balaban J connectivity index is 1.63. The van der Waals surface area contributed by atoms with E-state index in [0.717, 1.165) is 46.2 Å². The molecule has 4 rings (SSSR count). The summed E-state index contributed by atoms with van der Waals surface area (Å²) in [4.78, 5) is 17.5. The van der Waals surface area contributed by atoms with Crippen LogP contribution in [0.3, 0.4) is 0 Å². The number of imidazole rings is 1. The molecule has 4 aromatic heterocycles. The zero-order valence-corrected chi connectivity index (χ0v) is 18.6. The molecule has 7 heteroatoms. The molecular formula is C24H31N7. The molecule has 0 aliphatic carbocycles. The Hall–Kier alpha value is -3.06. The van der Waals surface area contributed by atoms with Crippen LogP contribution in [0.2, 0.25) is 0 Å². The molecule has 31 heavy (non-hydrogen) atoms. The molecule has 1 atom stereocenters. The first-order valence-corrected chi connectivity index (χ1v) is 11.2. The van der Waals surface area contributed by atoms with E-state index in [0.29, 0.717) is 12.6 Å². The molecule has 0 amide bonds. The molecule has 0 aromatic carbocycles. The van der Waals surface area contributed by atoms with Crippen molar-refractivity contribution in [2.45, 2.75) is 65.5 Å². The van der Waals surface area contributed by atoms with Crippen LogP contribution in [0, 0.1) is 6.92 Å². The van der Waals surface area contributed by atoms with E-state index in [4.69, 9.17) is 9.97 Å². The third kappa shape index (κ3) is 4.99. The van der Waals surface area contributed by atoms with Gasteiger partial charge in [-0.1, -0.05) is 39.2 Å². The van der Waals surface area contributed by atoms with Crippen LogP contribution in [0.4, 0.5) is 0 Å². The minimum Gasteiger partial charge on any atom is -0.339 e. The summed E-state index contributed by atoms with van der Waals surface area (Å²) in [7, 11) is 0. The van der Waals surface area contributed by atoms with Crippen molar-refractivity contribution in [2.24, 2.45) is 0 Å². The topological polar surface area (TPSA) is 83.8 Å². The van der Waals surface area contributed by atoms with E-state index >= 15 is 0 Å². The first kappa shape index (κ1) is 21.2. The van der Waals surface area contributed by atoms with Crippen molar-refractivity contribution in [1.82, 2.24) is 34.9 Å². The number of H-pyrrole nitrogens is 1. The Labute approximate surface area is 183 Å². The van der Waals surface area contributed by atoms with E-state index in [-0.39, 0.29) is 0 Å². The van der Waals surface area contributed by atoms with E-state index in [1.54, 1.807) is 10.8 Å². The van der Waals surface area contributed by atoms with E-state index in [9.17, 15) is 0 Å². The number of hydrogen-bond acceptors (Lipinski definition) is 5. The second kappa shape index (κ2) is 9.83. The Morgan fingerprint density at radius 3 is 2.81 bits per heavy atom. The molecule has 0 bridgehead atoms. The molecule has 7 nitrogen and oxygen atoms in total. The van der Waals surface area contributed by atoms with E-state index in [2.05, 4.69) is 34.2 Å². The summed E-state index contributed by atoms with van der Waals surface area (Å²) in [6.07, 6.45) is 9.65. The number of aryl methyl sites for hydroxylation is 1. The molecule has 4 aromatic rings. The fourth-order valence-corrected chi connectivity index (χ4v) is 3.87. The maximum Gasteiger partial charge on any atom is 0.155 e. The fourth-order valence-electron chi connectivity index (χ4n) is 3.87. The molecule has 1 unspecified atom stereocenters. The third-order valence-corrected chi connectivity index (χ3v) is 5.65. The molecule has 4 heterocycles. The van der Waals surface area contributed by atoms with Crippen molar-refractivity contribution in [2.75, 3.05) is 0 Å². The summed E-state index contributed by atoms with van der Waals surface area (Å²) < 4.78 is 1.77. The van der Waals surface area contributed by atoms with E-state index < -0.39 is 0 Å². The fraction of sp³-hybridized carbons (Fsp3) is 0.417. The van der Waals surface area contributed by atoms with Gasteiger partial charge >= 0.3 is 0 Å². The van der Waals surface area contributed by atoms with Crippen molar-refractivity contribution < 1.29 is 0 Å². The lowest BCUT2D eigenvalue weighted by Crippen LogP contribution is -2.28. The van der Waals surface area contributed by atoms with Crippen molar-refractivity contribution in [3.8, 4) is 22.6 Å². The number of nitrogens with one attached hydrogen (secondary N) is 2. The summed E-state index contributed by atoms with van der Waals surface area (Å²) in [5, 5.41) is 7.96. The molecule has 2 N–H and O–H groups in total. The average molecular weight is 418 g/mol. The minimum atomic E-state index is 0.507. The zero-order chi connectivity index (χ0) is 21.6. The van der Waals surface area contributed by atoms with Crippen molar-refractivity contribution in [3.05, 3.63) is 54.4 Å². The van der Waals surface area contributed by atoms with Gasteiger partial charge in [-0.3, -0.25) is 4.98 Å². The molecule has 0 saturated heterocycles. The Morgan fingerprint density at radius 1 is 1.10 bits per heavy atom. The number of aromatic nitrogens is 6. The molecule has 0 saturated carbocycles. The van der Waals surface area contributed by atoms with E-state index in [1.165, 1.54) is 25.7 Å². The van der Waals surface area contributed by atoms with Gasteiger partial charge in [-0.2, -0.15) is 5.10 Å². The van der Waals surface area contributed by atoms with Crippen molar-refractivity contribution in [3.63, 3.8) is 0 Å². The summed E-state index contributed by atoms with van der Waals surface area (Å²) in [6, 6.07) is 10.6. The van der Waals surface area contributed by atoms with Gasteiger partial charge in [-0.05, 0) is 44.0 Å². The van der Waals surface area contributed by atoms with Gasteiger partial charge in [0.05, 0.1) is 23.6 Å². The number of aromatic amines is 1. The molecule has 0 aliphatic rings. The zero-order valence-electron chi connectivity index (χ0n) is 18.6. The number of unbranched alkanes of at least 4 members (excludes halogenated alkanes) is 2. The first-order chi connectivity index (χ1) is 15.2. The van der Waals surface area contributed by atoms with Gasteiger partial charge in [-0.25, -0.2) is 14.5 Å². The van der Waals surface area contributed by atoms with Crippen molar-refractivity contribution in [1.29, 1.82) is 0 Å². The highest BCUT2D eigenvalue weighted by molar-refractivity contribution is 5.77. The van der Waals surface area contributed by atoms with Crippen molar-refractivity contribution >= 4 is 5.65 Å². The second-order valence-electron chi connectivity index (χ2n) is 8.03. The quantitative estimate of drug-likeness (QED) is 0.357. The Morgan fingerprint density at radius 2 is 2.00 bits per heavy atom. The summed E-state index contributed by atoms with van der Waals surface area (Å²) in [5.41, 5.74) is 5.47. The maximum atomic E-state index is 4.96. The van der Waals surface area contributed by atoms with Gasteiger partial charge in [0.25, 0.3) is 0 Å². The lowest BCUT2D eigenvalue weighted by Gasteiger charge is -2.15. The van der Waals surface area contributed by atoms with Crippen LogP contribution in [0.25, 0.3) is 28.3 Å². The third-order valence-electron chi connectivity index (χ3n) is 5.65. The summed E-state index contributed by atoms with van der Waals surface area (Å²) in [6.45, 7) is 7.20. The summed E-state index contributed by atoms with van der Waals surface area (Å²) in [5.74, 6) is 0.918. The minimum absolute atomic E-state index is 0.507. The average Bonchev–Trinajstić information content (AvgIpc) is 3.42. The van der Waals surface area contributed by atoms with Crippen LogP contribution >= 0.6 is 0 Å². The summed E-state index contributed by atoms with van der Waals surface area (Å²) >= 11 is 0. The van der Waals surface area contributed by atoms with Gasteiger partial charge in [0.2, 0.25) is 0 Å². The number of hydrogen-bond donors (Lipinski definition) is 2. The van der Waals surface area contributed by atoms with Crippen LogP contribution in [-0.2, 0) is 6.54 Å². The number of rotatable bonds is 10. The SMILES string of the molecule is CCCCCC(CC)NCc1nc(-c2ccc3ncnn3c2)c(-c2cccc(C)n2)[nH]1. The normalized spacial score (nSPS) is 12.5. The maximum absolute atomic E-state index is 4.96. The molecule has 0 radical (unpaired) electrons. The Bertz CT molecular complexity index is 1130. The van der Waals surface area contributed by atoms with Gasteiger partial charge in [0.15, 0.2) is 5.65 Å². The molecule has 0 spiro atoms. The van der Waals surface area contributed by atoms with Gasteiger partial charge in [0.1, 0.15) is 12.2 Å². The van der Waals surface area contributed by atoms with Crippen LogP contribution in [-0.4, -0.2) is 35.6 Å². The highest BCUT2D eigenvalue weighted by Crippen LogP contribution is 2.29. The van der Waals surface area contributed by atoms with Gasteiger partial charge in [-0.15, -0.1) is 0 Å². The largest absolute Gasteiger partial charge is 0.339 e. The number of fused-ring (bicyclic) bond motifs is 1. The van der Waals surface area contributed by atoms with Crippen LogP contribution < -0.4 is 5.32 Å². The Kier molecular flexibility index (Phi) is 6.72. The van der Waals surface area contributed by atoms with Crippen LogP contribution in [0.1, 0.15) is 57.5 Å². The highest BCUT2D eigenvalue weighted by atomic mass is 15.3. The van der Waals surface area contributed by atoms with Crippen LogP contribution in [0.5, 0.6) is 0 Å². The monoisotopic (exact) mass is 417 g/mol. The second-order valence-corrected chi connectivity index (χ2v) is 8.03. The number of pyridine rings is 2. The van der Waals surface area contributed by atoms with Crippen LogP contribution in [0.15, 0.2) is 42.9 Å². The van der Waals surface area contributed by atoms with Gasteiger partial charge in [0, 0.05) is 23.5 Å². The standard InChI is InChI=1S/C24H31N7/c1-4-6-7-10-19(5-2)25-14-21-29-23(18-12-13-22-26-16-27-31(22)15-18)24(30-21)20-11-8-9-17(3)28-20/h8-9,11-13,15-16,19,25H,4-7,10,14H2,1-3H3,(H,29,30). The molecule has 0 aliphatic heterocycles. The molecule has 0 fully saturated rings.